The van der Waals surface area contributed by atoms with Crippen LogP contribution in [-0.2, 0) is 0 Å². The van der Waals surface area contributed by atoms with Gasteiger partial charge >= 0.3 is 0 Å². The summed E-state index contributed by atoms with van der Waals surface area (Å²) in [6.45, 7) is 0. The maximum absolute atomic E-state index is 14.1. The average Bonchev–Trinajstić information content (AvgIpc) is 2.93. The van der Waals surface area contributed by atoms with E-state index in [0.29, 0.717) is 11.1 Å². The van der Waals surface area contributed by atoms with Gasteiger partial charge in [0.1, 0.15) is 63.6 Å². The molecule has 2 aliphatic heterocycles. The fraction of sp³-hybridized carbons (Fsp3) is 0.161. The summed E-state index contributed by atoms with van der Waals surface area (Å²) in [5, 5.41) is 62.7. The Balaban J connectivity index is 1.55. The summed E-state index contributed by atoms with van der Waals surface area (Å²) in [6.07, 6.45) is -2.41. The van der Waals surface area contributed by atoms with E-state index < -0.39 is 46.9 Å². The van der Waals surface area contributed by atoms with Crippen molar-refractivity contribution < 1.29 is 54.4 Å². The molecule has 0 fully saturated rings. The van der Waals surface area contributed by atoms with Crippen molar-refractivity contribution in [2.24, 2.45) is 0 Å². The lowest BCUT2D eigenvalue weighted by Crippen LogP contribution is -2.32. The topological polar surface area (TPSA) is 183 Å². The van der Waals surface area contributed by atoms with E-state index in [2.05, 4.69) is 0 Å². The molecule has 0 unspecified atom stereocenters. The molecule has 11 heteroatoms. The largest absolute Gasteiger partial charge is 0.508 e. The maximum Gasteiger partial charge on any atom is 0.182 e. The summed E-state index contributed by atoms with van der Waals surface area (Å²) >= 11 is 0. The third-order valence-electron chi connectivity index (χ3n) is 7.45. The molecule has 6 rings (SSSR count). The first-order valence-corrected chi connectivity index (χ1v) is 12.8. The molecule has 2 heterocycles. The number of methoxy groups -OCH3 is 1. The lowest BCUT2D eigenvalue weighted by atomic mass is 9.78. The summed E-state index contributed by atoms with van der Waals surface area (Å²) in [6, 6.07) is 13.2. The number of phenols is 6. The predicted molar refractivity (Wildman–Crippen MR) is 145 cm³/mol. The molecular weight excluding hydrogens is 548 g/mol. The highest BCUT2D eigenvalue weighted by atomic mass is 16.5. The standard InChI is InChI=1S/C31H24O11/c1-40-22-7-4-14(8-17(22)34)23-12-21(38)25-19(36)11-20(37)27(31(25)41-23)28-29(39)26-18(35)9-16(33)10-24(26)42-30(28)13-2-5-15(32)6-3-13/h2-11,23,28,30,32-37H,12H2,1H3/t23-,28-,30+/m0/s1. The predicted octanol–water partition coefficient (Wildman–Crippen LogP) is 4.74. The van der Waals surface area contributed by atoms with Crippen LogP contribution in [0.1, 0.15) is 62.0 Å². The van der Waals surface area contributed by atoms with Crippen LogP contribution in [0.4, 0.5) is 0 Å². The van der Waals surface area contributed by atoms with Crippen molar-refractivity contribution in [3.63, 3.8) is 0 Å². The lowest BCUT2D eigenvalue weighted by molar-refractivity contribution is 0.0738. The van der Waals surface area contributed by atoms with Crippen molar-refractivity contribution >= 4 is 11.6 Å². The number of ether oxygens (including phenoxy) is 3. The number of hydrogen-bond donors (Lipinski definition) is 6. The van der Waals surface area contributed by atoms with Gasteiger partial charge in [0.2, 0.25) is 0 Å². The number of benzene rings is 4. The second-order valence-electron chi connectivity index (χ2n) is 10.0. The van der Waals surface area contributed by atoms with Crippen LogP contribution in [-0.4, -0.2) is 49.3 Å². The van der Waals surface area contributed by atoms with E-state index in [4.69, 9.17) is 14.2 Å². The molecule has 0 radical (unpaired) electrons. The first kappa shape index (κ1) is 26.6. The maximum atomic E-state index is 14.1. The number of carbonyl (C=O) groups is 2. The van der Waals surface area contributed by atoms with Gasteiger partial charge in [-0.15, -0.1) is 0 Å². The molecule has 4 aromatic rings. The van der Waals surface area contributed by atoms with Gasteiger partial charge in [-0.2, -0.15) is 0 Å². The minimum absolute atomic E-state index is 0.0579. The highest BCUT2D eigenvalue weighted by Crippen LogP contribution is 2.55. The molecule has 4 aromatic carbocycles. The molecule has 0 amide bonds. The number of hydrogen-bond acceptors (Lipinski definition) is 11. The van der Waals surface area contributed by atoms with Crippen molar-refractivity contribution in [1.29, 1.82) is 0 Å². The molecule has 0 bridgehead atoms. The van der Waals surface area contributed by atoms with Crippen molar-refractivity contribution in [2.45, 2.75) is 24.5 Å². The van der Waals surface area contributed by atoms with Crippen LogP contribution in [0.3, 0.4) is 0 Å². The first-order chi connectivity index (χ1) is 20.1. The van der Waals surface area contributed by atoms with Crippen molar-refractivity contribution in [3.8, 4) is 51.7 Å². The second-order valence-corrected chi connectivity index (χ2v) is 10.0. The van der Waals surface area contributed by atoms with Gasteiger partial charge in [-0.3, -0.25) is 9.59 Å². The molecule has 0 saturated carbocycles. The molecule has 0 spiro atoms. The fourth-order valence-corrected chi connectivity index (χ4v) is 5.52. The number of carbonyl (C=O) groups excluding carboxylic acids is 2. The quantitative estimate of drug-likeness (QED) is 0.199. The zero-order chi connectivity index (χ0) is 29.9. The molecule has 42 heavy (non-hydrogen) atoms. The van der Waals surface area contributed by atoms with Crippen LogP contribution in [0, 0.1) is 0 Å². The molecular formula is C31H24O11. The molecule has 3 atom stereocenters. The summed E-state index contributed by atoms with van der Waals surface area (Å²) in [7, 11) is 1.38. The number of ketones is 2. The summed E-state index contributed by atoms with van der Waals surface area (Å²) < 4.78 is 17.4. The molecule has 0 aliphatic carbocycles. The Hall–Kier alpha value is -5.58. The average molecular weight is 573 g/mol. The Kier molecular flexibility index (Phi) is 6.22. The Morgan fingerprint density at radius 2 is 1.40 bits per heavy atom. The normalized spacial score (nSPS) is 19.3. The second kappa shape index (κ2) is 9.81. The number of fused-ring (bicyclic) bond motifs is 2. The summed E-state index contributed by atoms with van der Waals surface area (Å²) in [4.78, 5) is 27.5. The highest BCUT2D eigenvalue weighted by Gasteiger charge is 2.46. The van der Waals surface area contributed by atoms with Gasteiger partial charge < -0.3 is 44.8 Å². The zero-order valence-corrected chi connectivity index (χ0v) is 21.9. The van der Waals surface area contributed by atoms with E-state index in [1.807, 2.05) is 0 Å². The monoisotopic (exact) mass is 572 g/mol. The Bertz CT molecular complexity index is 1760. The summed E-state index contributed by atoms with van der Waals surface area (Å²) in [5.41, 5.74) is 0.0582. The Morgan fingerprint density at radius 1 is 0.714 bits per heavy atom. The van der Waals surface area contributed by atoms with Gasteiger partial charge in [-0.05, 0) is 35.4 Å². The van der Waals surface area contributed by atoms with Gasteiger partial charge in [-0.25, -0.2) is 0 Å². The fourth-order valence-electron chi connectivity index (χ4n) is 5.52. The molecule has 2 aliphatic rings. The summed E-state index contributed by atoms with van der Waals surface area (Å²) in [5.74, 6) is -5.22. The number of aromatic hydroxyl groups is 6. The van der Waals surface area contributed by atoms with Gasteiger partial charge in [-0.1, -0.05) is 18.2 Å². The minimum Gasteiger partial charge on any atom is -0.508 e. The van der Waals surface area contributed by atoms with E-state index in [1.54, 1.807) is 6.07 Å². The molecule has 0 aromatic heterocycles. The van der Waals surface area contributed by atoms with E-state index in [0.717, 1.165) is 18.2 Å². The van der Waals surface area contributed by atoms with Crippen LogP contribution in [0.25, 0.3) is 0 Å². The first-order valence-electron chi connectivity index (χ1n) is 12.8. The molecule has 6 N–H and O–H groups in total. The minimum atomic E-state index is -1.43. The van der Waals surface area contributed by atoms with E-state index in [9.17, 15) is 40.2 Å². The molecule has 214 valence electrons. The zero-order valence-electron chi connectivity index (χ0n) is 21.9. The molecule has 0 saturated heterocycles. The van der Waals surface area contributed by atoms with E-state index in [1.165, 1.54) is 43.5 Å². The van der Waals surface area contributed by atoms with Crippen molar-refractivity contribution in [1.82, 2.24) is 0 Å². The Labute approximate surface area is 238 Å². The van der Waals surface area contributed by atoms with Crippen LogP contribution >= 0.6 is 0 Å². The Morgan fingerprint density at radius 3 is 2.10 bits per heavy atom. The third-order valence-corrected chi connectivity index (χ3v) is 7.45. The lowest BCUT2D eigenvalue weighted by Gasteiger charge is -2.36. The van der Waals surface area contributed by atoms with Crippen LogP contribution in [0.2, 0.25) is 0 Å². The van der Waals surface area contributed by atoms with E-state index >= 15 is 0 Å². The van der Waals surface area contributed by atoms with E-state index in [-0.39, 0.29) is 57.6 Å². The number of Topliss-reactive ketones (excluding diaryl/α,β-unsaturated/α-hetero) is 2. The highest BCUT2D eigenvalue weighted by molar-refractivity contribution is 6.09. The van der Waals surface area contributed by atoms with Crippen LogP contribution in [0.15, 0.2) is 60.7 Å². The van der Waals surface area contributed by atoms with Gasteiger partial charge in [0.05, 0.1) is 25.0 Å². The van der Waals surface area contributed by atoms with Gasteiger partial charge in [0, 0.05) is 18.2 Å². The van der Waals surface area contributed by atoms with Crippen LogP contribution in [0.5, 0.6) is 51.7 Å². The number of rotatable bonds is 4. The third kappa shape index (κ3) is 4.22. The SMILES string of the molecule is COc1ccc([C@@H]2CC(=O)c3c(O)cc(O)c([C@H]4C(=O)c5c(O)cc(O)cc5O[C@@H]4c4ccc(O)cc4)c3O2)cc1O. The van der Waals surface area contributed by atoms with Crippen molar-refractivity contribution in [3.05, 3.63) is 88.5 Å². The smallest absolute Gasteiger partial charge is 0.182 e. The number of phenolic OH excluding ortho intramolecular Hbond substituents is 6. The molecule has 11 nitrogen and oxygen atoms in total. The van der Waals surface area contributed by atoms with Gasteiger partial charge in [0.15, 0.2) is 23.1 Å². The van der Waals surface area contributed by atoms with Crippen molar-refractivity contribution in [2.75, 3.05) is 7.11 Å². The van der Waals surface area contributed by atoms with Gasteiger partial charge in [0.25, 0.3) is 0 Å². The van der Waals surface area contributed by atoms with Crippen LogP contribution < -0.4 is 14.2 Å².